The summed E-state index contributed by atoms with van der Waals surface area (Å²) < 4.78 is 52.3. The maximum absolute atomic E-state index is 12.7. The number of fused-ring (bicyclic) bond motifs is 1. The van der Waals surface area contributed by atoms with E-state index in [-0.39, 0.29) is 0 Å². The Bertz CT molecular complexity index is 1130. The van der Waals surface area contributed by atoms with E-state index in [1.165, 1.54) is 23.9 Å². The molecule has 2 aromatic carbocycles. The van der Waals surface area contributed by atoms with Gasteiger partial charge in [0.2, 0.25) is 5.89 Å². The van der Waals surface area contributed by atoms with Crippen LogP contribution in [0.25, 0.3) is 22.5 Å². The molecule has 0 aliphatic carbocycles. The Morgan fingerprint density at radius 3 is 2.45 bits per heavy atom. The summed E-state index contributed by atoms with van der Waals surface area (Å²) in [6.07, 6.45) is -4.36. The third-order valence-corrected chi connectivity index (χ3v) is 5.10. The number of aromatic nitrogens is 3. The van der Waals surface area contributed by atoms with Crippen molar-refractivity contribution in [1.29, 1.82) is 0 Å². The van der Waals surface area contributed by atoms with Gasteiger partial charge >= 0.3 is 6.18 Å². The van der Waals surface area contributed by atoms with Crippen LogP contribution in [-0.4, -0.2) is 25.7 Å². The Morgan fingerprint density at radius 1 is 1.00 bits per heavy atom. The quantitative estimate of drug-likeness (QED) is 0.440. The Labute approximate surface area is 169 Å². The summed E-state index contributed by atoms with van der Waals surface area (Å²) in [7, 11) is 1.97. The number of halogens is 3. The minimum atomic E-state index is -4.36. The molecular formula is C20H17F3N4OS. The van der Waals surface area contributed by atoms with Crippen molar-refractivity contribution in [3.05, 3.63) is 65.0 Å². The molecule has 0 N–H and O–H groups in total. The first-order valence-electron chi connectivity index (χ1n) is 8.83. The zero-order valence-electron chi connectivity index (χ0n) is 15.7. The van der Waals surface area contributed by atoms with Crippen LogP contribution in [0.3, 0.4) is 0 Å². The van der Waals surface area contributed by atoms with Crippen LogP contribution in [0.15, 0.2) is 46.9 Å². The molecule has 0 radical (unpaired) electrons. The zero-order chi connectivity index (χ0) is 20.6. The van der Waals surface area contributed by atoms with Gasteiger partial charge in [-0.2, -0.15) is 21.9 Å². The highest BCUT2D eigenvalue weighted by molar-refractivity contribution is 7.00. The molecule has 0 aliphatic heterocycles. The van der Waals surface area contributed by atoms with Crippen molar-refractivity contribution in [3.63, 3.8) is 0 Å². The van der Waals surface area contributed by atoms with Gasteiger partial charge in [0.05, 0.1) is 23.0 Å². The topological polar surface area (TPSA) is 55.1 Å². The fourth-order valence-electron chi connectivity index (χ4n) is 3.05. The third-order valence-electron chi connectivity index (χ3n) is 4.54. The van der Waals surface area contributed by atoms with E-state index >= 15 is 0 Å². The number of rotatable bonds is 5. The van der Waals surface area contributed by atoms with Gasteiger partial charge in [-0.05, 0) is 55.9 Å². The summed E-state index contributed by atoms with van der Waals surface area (Å²) in [6.45, 7) is 3.04. The number of nitrogens with zero attached hydrogens (tertiary/aromatic N) is 4. The van der Waals surface area contributed by atoms with E-state index in [1.807, 2.05) is 25.2 Å². The molecule has 29 heavy (non-hydrogen) atoms. The largest absolute Gasteiger partial charge is 0.441 e. The molecule has 0 spiro atoms. The molecule has 0 atom stereocenters. The molecule has 0 aliphatic rings. The first-order chi connectivity index (χ1) is 13.8. The van der Waals surface area contributed by atoms with Crippen molar-refractivity contribution in [3.8, 4) is 11.5 Å². The highest BCUT2D eigenvalue weighted by atomic mass is 32.1. The monoisotopic (exact) mass is 418 g/mol. The second kappa shape index (κ2) is 7.57. The van der Waals surface area contributed by atoms with Crippen LogP contribution < -0.4 is 0 Å². The van der Waals surface area contributed by atoms with Crippen molar-refractivity contribution in [2.45, 2.75) is 26.2 Å². The van der Waals surface area contributed by atoms with Crippen LogP contribution in [0, 0.1) is 6.92 Å². The molecule has 0 bridgehead atoms. The van der Waals surface area contributed by atoms with Gasteiger partial charge in [0.15, 0.2) is 0 Å². The van der Waals surface area contributed by atoms with Gasteiger partial charge in [-0.25, -0.2) is 4.98 Å². The van der Waals surface area contributed by atoms with Crippen molar-refractivity contribution >= 4 is 22.8 Å². The number of hydrogen-bond donors (Lipinski definition) is 0. The van der Waals surface area contributed by atoms with Crippen molar-refractivity contribution in [2.75, 3.05) is 7.05 Å². The van der Waals surface area contributed by atoms with Crippen LogP contribution in [0.4, 0.5) is 13.2 Å². The van der Waals surface area contributed by atoms with Gasteiger partial charge in [-0.15, -0.1) is 0 Å². The number of alkyl halides is 3. The van der Waals surface area contributed by atoms with Crippen LogP contribution in [0.1, 0.15) is 22.6 Å². The lowest BCUT2D eigenvalue weighted by molar-refractivity contribution is -0.137. The molecule has 0 saturated carbocycles. The smallest absolute Gasteiger partial charge is 0.416 e. The lowest BCUT2D eigenvalue weighted by atomic mass is 10.1. The molecular weight excluding hydrogens is 401 g/mol. The molecule has 0 fully saturated rings. The maximum Gasteiger partial charge on any atom is 0.416 e. The van der Waals surface area contributed by atoms with Gasteiger partial charge in [0.25, 0.3) is 0 Å². The average Bonchev–Trinajstić information content (AvgIpc) is 3.27. The van der Waals surface area contributed by atoms with Crippen molar-refractivity contribution in [1.82, 2.24) is 18.6 Å². The van der Waals surface area contributed by atoms with Crippen LogP contribution in [0.5, 0.6) is 0 Å². The molecule has 2 heterocycles. The third kappa shape index (κ3) is 4.30. The van der Waals surface area contributed by atoms with Crippen molar-refractivity contribution < 1.29 is 17.6 Å². The Balaban J connectivity index is 1.47. The zero-order valence-corrected chi connectivity index (χ0v) is 16.5. The lowest BCUT2D eigenvalue weighted by Crippen LogP contribution is -2.18. The molecule has 4 rings (SSSR count). The van der Waals surface area contributed by atoms with Gasteiger partial charge in [0, 0.05) is 18.7 Å². The minimum absolute atomic E-state index is 0.314. The summed E-state index contributed by atoms with van der Waals surface area (Å²) in [5.41, 5.74) is 3.43. The number of oxazole rings is 1. The van der Waals surface area contributed by atoms with E-state index in [0.717, 1.165) is 34.4 Å². The molecule has 5 nitrogen and oxygen atoms in total. The first kappa shape index (κ1) is 19.5. The highest BCUT2D eigenvalue weighted by Gasteiger charge is 2.30. The first-order valence-corrected chi connectivity index (χ1v) is 9.56. The predicted octanol–water partition coefficient (Wildman–Crippen LogP) is 5.31. The van der Waals surface area contributed by atoms with E-state index in [9.17, 15) is 13.2 Å². The Kier molecular flexibility index (Phi) is 5.10. The molecule has 2 aromatic heterocycles. The van der Waals surface area contributed by atoms with E-state index in [1.54, 1.807) is 6.92 Å². The molecule has 150 valence electrons. The number of hydrogen-bond acceptors (Lipinski definition) is 6. The summed E-state index contributed by atoms with van der Waals surface area (Å²) in [5.74, 6) is 0.959. The predicted molar refractivity (Wildman–Crippen MR) is 104 cm³/mol. The maximum atomic E-state index is 12.7. The second-order valence-corrected chi connectivity index (χ2v) is 7.39. The SMILES string of the molecule is Cc1oc(-c2ccc(C(F)(F)F)cc2)nc1CN(C)Cc1ccc2nsnc2c1. The molecule has 9 heteroatoms. The standard InChI is InChI=1S/C20H17F3N4OS/c1-12-18(11-27(2)10-13-3-8-16-17(9-13)26-29-25-16)24-19(28-12)14-4-6-15(7-5-14)20(21,22)23/h3-9H,10-11H2,1-2H3. The van der Waals surface area contributed by atoms with E-state index in [0.29, 0.717) is 30.3 Å². The fourth-order valence-corrected chi connectivity index (χ4v) is 3.57. The number of benzene rings is 2. The summed E-state index contributed by atoms with van der Waals surface area (Å²) in [5, 5.41) is 0. The van der Waals surface area contributed by atoms with E-state index in [2.05, 4.69) is 18.6 Å². The van der Waals surface area contributed by atoms with Gasteiger partial charge in [-0.1, -0.05) is 6.07 Å². The summed E-state index contributed by atoms with van der Waals surface area (Å²) in [4.78, 5) is 6.57. The second-order valence-electron chi connectivity index (χ2n) is 6.86. The summed E-state index contributed by atoms with van der Waals surface area (Å²) >= 11 is 1.19. The number of aryl methyl sites for hydroxylation is 1. The average molecular weight is 418 g/mol. The van der Waals surface area contributed by atoms with Gasteiger partial charge in [-0.3, -0.25) is 4.90 Å². The molecule has 4 aromatic rings. The van der Waals surface area contributed by atoms with Crippen molar-refractivity contribution in [2.24, 2.45) is 0 Å². The van der Waals surface area contributed by atoms with Gasteiger partial charge in [0.1, 0.15) is 16.8 Å². The van der Waals surface area contributed by atoms with Gasteiger partial charge < -0.3 is 4.42 Å². The van der Waals surface area contributed by atoms with Crippen LogP contribution in [-0.2, 0) is 19.3 Å². The normalized spacial score (nSPS) is 12.2. The molecule has 0 unspecified atom stereocenters. The van der Waals surface area contributed by atoms with E-state index < -0.39 is 11.7 Å². The van der Waals surface area contributed by atoms with E-state index in [4.69, 9.17) is 4.42 Å². The Hall–Kier alpha value is -2.78. The minimum Gasteiger partial charge on any atom is -0.441 e. The lowest BCUT2D eigenvalue weighted by Gasteiger charge is -2.15. The summed E-state index contributed by atoms with van der Waals surface area (Å²) in [6, 6.07) is 10.8. The van der Waals surface area contributed by atoms with Crippen LogP contribution >= 0.6 is 11.7 Å². The fraction of sp³-hybridized carbons (Fsp3) is 0.250. The van der Waals surface area contributed by atoms with Crippen LogP contribution in [0.2, 0.25) is 0 Å². The Morgan fingerprint density at radius 2 is 1.72 bits per heavy atom. The molecule has 0 saturated heterocycles. The highest BCUT2D eigenvalue weighted by Crippen LogP contribution is 2.31. The molecule has 0 amide bonds.